The molecule has 1 aliphatic heterocycles. The highest BCUT2D eigenvalue weighted by molar-refractivity contribution is 7.89. The van der Waals surface area contributed by atoms with Crippen molar-refractivity contribution >= 4 is 70.9 Å². The highest BCUT2D eigenvalue weighted by atomic mass is 32.2. The molecule has 200 valence electrons. The number of hydrogen-bond donors (Lipinski definition) is 1. The number of thiazole rings is 1. The van der Waals surface area contributed by atoms with Crippen molar-refractivity contribution in [3.8, 4) is 0 Å². The number of nitrogens with one attached hydrogen (secondary N) is 1. The maximum atomic E-state index is 13.4. The van der Waals surface area contributed by atoms with E-state index in [0.717, 1.165) is 4.90 Å². The van der Waals surface area contributed by atoms with Gasteiger partial charge in [0, 0.05) is 24.5 Å². The van der Waals surface area contributed by atoms with E-state index in [1.807, 2.05) is 0 Å². The molecule has 0 radical (unpaired) electrons. The summed E-state index contributed by atoms with van der Waals surface area (Å²) in [6, 6.07) is 21.6. The van der Waals surface area contributed by atoms with Crippen LogP contribution < -0.4 is 10.2 Å². The van der Waals surface area contributed by atoms with Crippen LogP contribution in [-0.2, 0) is 10.0 Å². The molecule has 0 bridgehead atoms. The summed E-state index contributed by atoms with van der Waals surface area (Å²) in [5, 5.41) is 4.26. The molecule has 0 fully saturated rings. The highest BCUT2D eigenvalue weighted by Crippen LogP contribution is 2.36. The van der Waals surface area contributed by atoms with Crippen LogP contribution in [0.5, 0.6) is 0 Å². The van der Waals surface area contributed by atoms with E-state index >= 15 is 0 Å². The maximum Gasteiger partial charge on any atom is 0.266 e. The number of rotatable bonds is 6. The molecule has 2 heterocycles. The van der Waals surface area contributed by atoms with Crippen LogP contribution in [0.1, 0.15) is 38.0 Å². The molecule has 4 aromatic carbocycles. The number of sulfonamides is 1. The van der Waals surface area contributed by atoms with Gasteiger partial charge < -0.3 is 0 Å². The van der Waals surface area contributed by atoms with Crippen LogP contribution in [0, 0.1) is 0 Å². The summed E-state index contributed by atoms with van der Waals surface area (Å²) in [6.45, 7) is 2.09. The van der Waals surface area contributed by atoms with Crippen molar-refractivity contribution in [3.63, 3.8) is 0 Å². The Morgan fingerprint density at radius 3 is 2.25 bits per heavy atom. The van der Waals surface area contributed by atoms with E-state index in [-0.39, 0.29) is 4.90 Å². The van der Waals surface area contributed by atoms with Gasteiger partial charge in [-0.15, -0.1) is 0 Å². The monoisotopic (exact) mass is 570 g/mol. The second-order valence-electron chi connectivity index (χ2n) is 9.19. The molecule has 0 unspecified atom stereocenters. The van der Waals surface area contributed by atoms with E-state index in [4.69, 9.17) is 0 Å². The molecule has 6 rings (SSSR count). The minimum Gasteiger partial charge on any atom is -0.298 e. The third-order valence-electron chi connectivity index (χ3n) is 6.91. The molecule has 0 spiro atoms. The van der Waals surface area contributed by atoms with E-state index in [9.17, 15) is 22.8 Å². The Hall–Kier alpha value is -4.45. The molecule has 1 N–H and O–H groups in total. The molecule has 40 heavy (non-hydrogen) atoms. The van der Waals surface area contributed by atoms with Crippen LogP contribution >= 0.6 is 11.3 Å². The Bertz CT molecular complexity index is 1950. The van der Waals surface area contributed by atoms with Gasteiger partial charge >= 0.3 is 0 Å². The van der Waals surface area contributed by atoms with E-state index in [1.54, 1.807) is 79.7 Å². The number of carbonyl (C=O) groups is 3. The lowest BCUT2D eigenvalue weighted by molar-refractivity contribution is 0.0925. The molecule has 3 amide bonds. The van der Waals surface area contributed by atoms with Crippen molar-refractivity contribution < 1.29 is 22.8 Å². The molecule has 9 nitrogen and oxygen atoms in total. The average Bonchev–Trinajstić information content (AvgIpc) is 3.48. The third-order valence-corrected chi connectivity index (χ3v) is 9.78. The van der Waals surface area contributed by atoms with Crippen molar-refractivity contribution in [2.24, 2.45) is 0 Å². The fourth-order valence-corrected chi connectivity index (χ4v) is 6.90. The number of carbonyl (C=O) groups excluding carboxylic acids is 3. The summed E-state index contributed by atoms with van der Waals surface area (Å²) in [5.74, 6) is -1.25. The zero-order chi connectivity index (χ0) is 28.2. The highest BCUT2D eigenvalue weighted by Gasteiger charge is 2.37. The number of amides is 3. The maximum absolute atomic E-state index is 13.4. The van der Waals surface area contributed by atoms with Crippen LogP contribution in [0.3, 0.4) is 0 Å². The first-order valence-corrected chi connectivity index (χ1v) is 14.6. The Kier molecular flexibility index (Phi) is 6.21. The normalized spacial score (nSPS) is 13.4. The lowest BCUT2D eigenvalue weighted by Gasteiger charge is -2.18. The van der Waals surface area contributed by atoms with Gasteiger partial charge in [0.2, 0.25) is 10.0 Å². The predicted octanol–water partition coefficient (Wildman–Crippen LogP) is 5.14. The second kappa shape index (κ2) is 9.63. The molecule has 5 aromatic rings. The van der Waals surface area contributed by atoms with Gasteiger partial charge in [-0.1, -0.05) is 54.7 Å². The van der Waals surface area contributed by atoms with E-state index in [2.05, 4.69) is 10.3 Å². The quantitative estimate of drug-likeness (QED) is 0.283. The van der Waals surface area contributed by atoms with Crippen molar-refractivity contribution in [1.29, 1.82) is 0 Å². The number of imide groups is 1. The molecule has 0 saturated heterocycles. The first-order valence-electron chi connectivity index (χ1n) is 12.4. The minimum atomic E-state index is -3.63. The van der Waals surface area contributed by atoms with Gasteiger partial charge in [-0.05, 0) is 47.9 Å². The predicted molar refractivity (Wildman–Crippen MR) is 155 cm³/mol. The van der Waals surface area contributed by atoms with Crippen molar-refractivity contribution in [2.75, 3.05) is 23.8 Å². The average molecular weight is 571 g/mol. The van der Waals surface area contributed by atoms with Gasteiger partial charge in [-0.2, -0.15) is 0 Å². The Morgan fingerprint density at radius 1 is 0.925 bits per heavy atom. The van der Waals surface area contributed by atoms with Crippen molar-refractivity contribution in [3.05, 3.63) is 95.6 Å². The molecule has 11 heteroatoms. The second-order valence-corrected chi connectivity index (χ2v) is 12.3. The molecular weight excluding hydrogens is 548 g/mol. The van der Waals surface area contributed by atoms with Gasteiger partial charge in [0.1, 0.15) is 0 Å². The van der Waals surface area contributed by atoms with Gasteiger partial charge in [0.15, 0.2) is 5.13 Å². The summed E-state index contributed by atoms with van der Waals surface area (Å²) in [6.07, 6.45) is 0. The van der Waals surface area contributed by atoms with Crippen LogP contribution in [0.2, 0.25) is 0 Å². The van der Waals surface area contributed by atoms with Crippen LogP contribution in [0.15, 0.2) is 83.8 Å². The van der Waals surface area contributed by atoms with Gasteiger partial charge in [-0.3, -0.25) is 19.7 Å². The zero-order valence-electron chi connectivity index (χ0n) is 21.4. The van der Waals surface area contributed by atoms with E-state index in [0.29, 0.717) is 55.0 Å². The molecule has 1 aliphatic rings. The smallest absolute Gasteiger partial charge is 0.266 e. The number of hydrogen-bond acceptors (Lipinski definition) is 7. The first-order chi connectivity index (χ1) is 19.2. The number of benzene rings is 4. The summed E-state index contributed by atoms with van der Waals surface area (Å²) in [4.78, 5) is 45.4. The SMILES string of the molecule is CCN(C)S(=O)(=O)c1ccc2nc(NC(=O)c3ccc(N4C(=O)c5ccccc5C4=O)c4ccccc34)sc2c1. The summed E-state index contributed by atoms with van der Waals surface area (Å²) in [7, 11) is -2.11. The molecule has 0 atom stereocenters. The summed E-state index contributed by atoms with van der Waals surface area (Å²) >= 11 is 1.17. The van der Waals surface area contributed by atoms with Gasteiger partial charge in [-0.25, -0.2) is 22.6 Å². The van der Waals surface area contributed by atoms with Crippen LogP contribution in [0.4, 0.5) is 10.8 Å². The molecule has 1 aromatic heterocycles. The number of anilines is 2. The van der Waals surface area contributed by atoms with Gasteiger partial charge in [0.05, 0.1) is 31.9 Å². The molecule has 0 saturated carbocycles. The van der Waals surface area contributed by atoms with Crippen molar-refractivity contribution in [2.45, 2.75) is 11.8 Å². The van der Waals surface area contributed by atoms with Gasteiger partial charge in [0.25, 0.3) is 17.7 Å². The zero-order valence-corrected chi connectivity index (χ0v) is 23.0. The summed E-state index contributed by atoms with van der Waals surface area (Å²) in [5.41, 5.74) is 1.97. The largest absolute Gasteiger partial charge is 0.298 e. The molecular formula is C29H22N4O5S2. The third kappa shape index (κ3) is 4.06. The fraction of sp³-hybridized carbons (Fsp3) is 0.103. The van der Waals surface area contributed by atoms with E-state index < -0.39 is 27.7 Å². The first kappa shape index (κ1) is 25.8. The van der Waals surface area contributed by atoms with Crippen LogP contribution in [0.25, 0.3) is 21.0 Å². The Balaban J connectivity index is 1.33. The lowest BCUT2D eigenvalue weighted by Crippen LogP contribution is -2.29. The van der Waals surface area contributed by atoms with Crippen molar-refractivity contribution in [1.82, 2.24) is 9.29 Å². The lowest BCUT2D eigenvalue weighted by atomic mass is 10.0. The standard InChI is InChI=1S/C29H22N4O5S2/c1-3-32(2)40(37,38)17-12-14-23-25(16-17)39-29(30-23)31-26(34)20-13-15-24(19-9-5-4-8-18(19)20)33-27(35)21-10-6-7-11-22(21)28(33)36/h4-16H,3H2,1-2H3,(H,30,31,34). The number of aromatic nitrogens is 1. The molecule has 0 aliphatic carbocycles. The summed E-state index contributed by atoms with van der Waals surface area (Å²) < 4.78 is 27.3. The number of nitrogens with zero attached hydrogens (tertiary/aromatic N) is 3. The van der Waals surface area contributed by atoms with Crippen LogP contribution in [-0.4, -0.2) is 49.0 Å². The Morgan fingerprint density at radius 2 is 1.57 bits per heavy atom. The van der Waals surface area contributed by atoms with E-state index in [1.165, 1.54) is 28.8 Å². The topological polar surface area (TPSA) is 117 Å². The minimum absolute atomic E-state index is 0.153. The fourth-order valence-electron chi connectivity index (χ4n) is 4.72. The Labute approximate surface area is 233 Å². The number of fused-ring (bicyclic) bond motifs is 3.